The number of halogens is 1. The Labute approximate surface area is 187 Å². The predicted octanol–water partition coefficient (Wildman–Crippen LogP) is 4.79. The molecule has 156 valence electrons. The molecule has 0 saturated heterocycles. The number of rotatable bonds is 4. The van der Waals surface area contributed by atoms with Gasteiger partial charge in [0, 0.05) is 22.6 Å². The molecule has 2 aromatic heterocycles. The van der Waals surface area contributed by atoms with Crippen LogP contribution in [0.15, 0.2) is 54.6 Å². The zero-order valence-electron chi connectivity index (χ0n) is 16.7. The maximum Gasteiger partial charge on any atom is 0.348 e. The number of hydrogen-bond acceptors (Lipinski definition) is 5. The van der Waals surface area contributed by atoms with Crippen LogP contribution in [0.5, 0.6) is 0 Å². The summed E-state index contributed by atoms with van der Waals surface area (Å²) in [7, 11) is 0. The minimum Gasteiger partial charge on any atom is -0.451 e. The molecular formula is C23H18ClN3O3S. The molecule has 2 aromatic carbocycles. The van der Waals surface area contributed by atoms with Crippen LogP contribution in [0.2, 0.25) is 5.02 Å². The number of esters is 1. The van der Waals surface area contributed by atoms with Crippen LogP contribution >= 0.6 is 22.9 Å². The minimum absolute atomic E-state index is 0.222. The molecule has 0 saturated carbocycles. The van der Waals surface area contributed by atoms with Crippen molar-refractivity contribution in [2.24, 2.45) is 0 Å². The number of aromatic nitrogens is 2. The van der Waals surface area contributed by atoms with E-state index in [1.54, 1.807) is 21.7 Å². The van der Waals surface area contributed by atoms with Gasteiger partial charge in [0.2, 0.25) is 0 Å². The molecule has 0 fully saturated rings. The zero-order valence-corrected chi connectivity index (χ0v) is 18.2. The zero-order chi connectivity index (χ0) is 21.5. The molecule has 1 aliphatic heterocycles. The summed E-state index contributed by atoms with van der Waals surface area (Å²) in [6.07, 6.45) is 0.811. The van der Waals surface area contributed by atoms with E-state index < -0.39 is 5.97 Å². The first-order valence-electron chi connectivity index (χ1n) is 9.82. The number of thiophene rings is 1. The number of carbonyl (C=O) groups excluding carboxylic acids is 2. The number of ether oxygens (including phenoxy) is 1. The van der Waals surface area contributed by atoms with E-state index in [1.807, 2.05) is 49.4 Å². The number of nitrogens with zero attached hydrogens (tertiary/aromatic N) is 3. The van der Waals surface area contributed by atoms with Crippen LogP contribution in [0.4, 0.5) is 5.69 Å². The Morgan fingerprint density at radius 1 is 1.16 bits per heavy atom. The summed E-state index contributed by atoms with van der Waals surface area (Å²) >= 11 is 7.40. The molecule has 0 radical (unpaired) electrons. The Kier molecular flexibility index (Phi) is 5.00. The van der Waals surface area contributed by atoms with Gasteiger partial charge in [-0.3, -0.25) is 4.79 Å². The smallest absolute Gasteiger partial charge is 0.348 e. The van der Waals surface area contributed by atoms with Crippen molar-refractivity contribution in [2.45, 2.75) is 13.3 Å². The summed E-state index contributed by atoms with van der Waals surface area (Å²) in [4.78, 5) is 28.2. The van der Waals surface area contributed by atoms with Crippen LogP contribution in [0.25, 0.3) is 15.9 Å². The van der Waals surface area contributed by atoms with Gasteiger partial charge in [0.15, 0.2) is 6.61 Å². The Hall–Kier alpha value is -3.16. The summed E-state index contributed by atoms with van der Waals surface area (Å²) in [5.74, 6) is -0.736. The lowest BCUT2D eigenvalue weighted by atomic mass is 10.2. The van der Waals surface area contributed by atoms with Gasteiger partial charge in [-0.15, -0.1) is 11.3 Å². The first kappa shape index (κ1) is 19.8. The molecule has 3 heterocycles. The first-order valence-corrected chi connectivity index (χ1v) is 11.0. The number of aryl methyl sites for hydroxylation is 1. The minimum atomic E-state index is -0.515. The average molecular weight is 452 g/mol. The number of hydrogen-bond donors (Lipinski definition) is 0. The van der Waals surface area contributed by atoms with Crippen molar-refractivity contribution >= 4 is 50.7 Å². The van der Waals surface area contributed by atoms with Crippen molar-refractivity contribution in [3.05, 3.63) is 75.8 Å². The highest BCUT2D eigenvalue weighted by Crippen LogP contribution is 2.32. The lowest BCUT2D eigenvalue weighted by molar-refractivity contribution is -0.121. The van der Waals surface area contributed by atoms with Gasteiger partial charge in [0.05, 0.1) is 11.4 Å². The van der Waals surface area contributed by atoms with E-state index in [1.165, 1.54) is 11.3 Å². The van der Waals surface area contributed by atoms with Crippen molar-refractivity contribution in [1.82, 2.24) is 9.78 Å². The van der Waals surface area contributed by atoms with Gasteiger partial charge < -0.3 is 9.64 Å². The second-order valence-electron chi connectivity index (χ2n) is 7.31. The summed E-state index contributed by atoms with van der Waals surface area (Å²) in [5.41, 5.74) is 3.64. The largest absolute Gasteiger partial charge is 0.451 e. The summed E-state index contributed by atoms with van der Waals surface area (Å²) in [6, 6.07) is 16.9. The highest BCUT2D eigenvalue weighted by molar-refractivity contribution is 7.20. The fraction of sp³-hybridized carbons (Fsp3) is 0.174. The van der Waals surface area contributed by atoms with E-state index in [-0.39, 0.29) is 12.5 Å². The Balaban J connectivity index is 1.34. The molecule has 6 nitrogen and oxygen atoms in total. The second-order valence-corrected chi connectivity index (χ2v) is 8.77. The lowest BCUT2D eigenvalue weighted by Crippen LogP contribution is -2.33. The van der Waals surface area contributed by atoms with Gasteiger partial charge in [-0.2, -0.15) is 5.10 Å². The van der Waals surface area contributed by atoms with Crippen LogP contribution in [0, 0.1) is 6.92 Å². The molecular weight excluding hydrogens is 434 g/mol. The van der Waals surface area contributed by atoms with E-state index in [4.69, 9.17) is 16.3 Å². The lowest BCUT2D eigenvalue weighted by Gasteiger charge is -2.16. The quantitative estimate of drug-likeness (QED) is 0.418. The van der Waals surface area contributed by atoms with Gasteiger partial charge in [-0.1, -0.05) is 35.9 Å². The molecule has 31 heavy (non-hydrogen) atoms. The average Bonchev–Trinajstić information content (AvgIpc) is 3.46. The van der Waals surface area contributed by atoms with Crippen LogP contribution in [-0.2, 0) is 16.0 Å². The molecule has 0 N–H and O–H groups in total. The summed E-state index contributed by atoms with van der Waals surface area (Å²) in [5, 5.41) is 6.05. The molecule has 0 bridgehead atoms. The van der Waals surface area contributed by atoms with Gasteiger partial charge in [-0.25, -0.2) is 9.48 Å². The molecule has 0 unspecified atom stereocenters. The van der Waals surface area contributed by atoms with E-state index >= 15 is 0 Å². The normalized spacial score (nSPS) is 12.9. The van der Waals surface area contributed by atoms with E-state index in [2.05, 4.69) is 5.10 Å². The molecule has 1 aliphatic rings. The Morgan fingerprint density at radius 3 is 2.84 bits per heavy atom. The van der Waals surface area contributed by atoms with Crippen molar-refractivity contribution in [3.8, 4) is 5.69 Å². The molecule has 5 rings (SSSR count). The Morgan fingerprint density at radius 2 is 2.00 bits per heavy atom. The fourth-order valence-electron chi connectivity index (χ4n) is 3.80. The molecule has 0 atom stereocenters. The van der Waals surface area contributed by atoms with Crippen LogP contribution < -0.4 is 4.90 Å². The molecule has 1 amide bonds. The van der Waals surface area contributed by atoms with Gasteiger partial charge in [0.1, 0.15) is 9.71 Å². The topological polar surface area (TPSA) is 64.4 Å². The van der Waals surface area contributed by atoms with Crippen molar-refractivity contribution in [3.63, 3.8) is 0 Å². The Bertz CT molecular complexity index is 1330. The molecule has 4 aromatic rings. The number of anilines is 1. The maximum atomic E-state index is 12.7. The van der Waals surface area contributed by atoms with Crippen LogP contribution in [-0.4, -0.2) is 34.8 Å². The number of fused-ring (bicyclic) bond motifs is 2. The van der Waals surface area contributed by atoms with Crippen molar-refractivity contribution in [1.29, 1.82) is 0 Å². The molecule has 8 heteroatoms. The predicted molar refractivity (Wildman–Crippen MR) is 121 cm³/mol. The monoisotopic (exact) mass is 451 g/mol. The van der Waals surface area contributed by atoms with E-state index in [0.717, 1.165) is 39.3 Å². The van der Waals surface area contributed by atoms with E-state index in [9.17, 15) is 9.59 Å². The van der Waals surface area contributed by atoms with Crippen LogP contribution in [0.1, 0.15) is 20.9 Å². The first-order chi connectivity index (χ1) is 15.0. The van der Waals surface area contributed by atoms with Gasteiger partial charge >= 0.3 is 5.97 Å². The van der Waals surface area contributed by atoms with E-state index in [0.29, 0.717) is 16.4 Å². The third kappa shape index (κ3) is 3.60. The highest BCUT2D eigenvalue weighted by Gasteiger charge is 2.25. The number of amides is 1. The molecule has 0 aliphatic carbocycles. The second kappa shape index (κ2) is 7.83. The SMILES string of the molecule is Cc1nn(-c2cccc(Cl)c2)c2sc(C(=O)OCC(=O)N3CCc4ccccc43)cc12. The van der Waals surface area contributed by atoms with Crippen molar-refractivity contribution in [2.75, 3.05) is 18.1 Å². The maximum absolute atomic E-state index is 12.7. The van der Waals surface area contributed by atoms with Gasteiger partial charge in [0.25, 0.3) is 5.91 Å². The number of para-hydroxylation sites is 1. The standard InChI is InChI=1S/C23H18ClN3O3S/c1-14-18-12-20(31-22(18)27(25-14)17-7-4-6-16(24)11-17)23(29)30-13-21(28)26-10-9-15-5-2-3-8-19(15)26/h2-8,11-12H,9-10,13H2,1H3. The van der Waals surface area contributed by atoms with Gasteiger partial charge in [-0.05, 0) is 49.2 Å². The molecule has 0 spiro atoms. The summed E-state index contributed by atoms with van der Waals surface area (Å²) < 4.78 is 7.12. The number of benzene rings is 2. The number of carbonyl (C=O) groups is 2. The van der Waals surface area contributed by atoms with Crippen molar-refractivity contribution < 1.29 is 14.3 Å². The van der Waals surface area contributed by atoms with Crippen LogP contribution in [0.3, 0.4) is 0 Å². The summed E-state index contributed by atoms with van der Waals surface area (Å²) in [6.45, 7) is 2.20. The third-order valence-electron chi connectivity index (χ3n) is 5.31. The third-order valence-corrected chi connectivity index (χ3v) is 6.64. The highest BCUT2D eigenvalue weighted by atomic mass is 35.5. The fourth-order valence-corrected chi connectivity index (χ4v) is 5.07.